The molecule has 4 nitrogen and oxygen atoms in total. The first-order chi connectivity index (χ1) is 9.51. The van der Waals surface area contributed by atoms with E-state index in [1.807, 2.05) is 25.2 Å². The van der Waals surface area contributed by atoms with Crippen LogP contribution in [-0.2, 0) is 23.0 Å². The molecule has 0 fully saturated rings. The maximum Gasteiger partial charge on any atom is 0.250 e. The molecule has 0 aliphatic heterocycles. The van der Waals surface area contributed by atoms with Crippen molar-refractivity contribution in [2.75, 3.05) is 13.6 Å². The smallest absolute Gasteiger partial charge is 0.250 e. The number of sulfonamides is 1. The molecule has 2 N–H and O–H groups in total. The van der Waals surface area contributed by atoms with Crippen LogP contribution in [0.25, 0.3) is 0 Å². The number of hydrogen-bond donors (Lipinski definition) is 2. The molecule has 2 heterocycles. The second kappa shape index (κ2) is 7.02. The molecular weight excluding hydrogens is 336 g/mol. The Morgan fingerprint density at radius 3 is 2.55 bits per heavy atom. The number of rotatable bonds is 7. The van der Waals surface area contributed by atoms with Crippen LogP contribution in [0.1, 0.15) is 9.75 Å². The SMILES string of the molecule is CNCc1ccc(S(=O)(=O)NCCc2ccc(Cl)s2)s1. The van der Waals surface area contributed by atoms with Crippen molar-refractivity contribution in [3.63, 3.8) is 0 Å². The fourth-order valence-electron chi connectivity index (χ4n) is 1.64. The Bertz CT molecular complexity index is 664. The monoisotopic (exact) mass is 350 g/mol. The molecule has 0 aromatic carbocycles. The summed E-state index contributed by atoms with van der Waals surface area (Å²) in [6, 6.07) is 7.20. The molecule has 0 amide bonds. The van der Waals surface area contributed by atoms with Gasteiger partial charge >= 0.3 is 0 Å². The Kier molecular flexibility index (Phi) is 5.59. The lowest BCUT2D eigenvalue weighted by molar-refractivity contribution is 0.584. The van der Waals surface area contributed by atoms with Crippen molar-refractivity contribution in [3.8, 4) is 0 Å². The molecule has 2 aromatic heterocycles. The summed E-state index contributed by atoms with van der Waals surface area (Å²) in [7, 11) is -1.58. The Balaban J connectivity index is 1.92. The lowest BCUT2D eigenvalue weighted by atomic mass is 10.3. The fourth-order valence-corrected chi connectivity index (χ4v) is 5.17. The fraction of sp³-hybridized carbons (Fsp3) is 0.333. The van der Waals surface area contributed by atoms with Gasteiger partial charge in [-0.1, -0.05) is 11.6 Å². The van der Waals surface area contributed by atoms with E-state index in [9.17, 15) is 8.42 Å². The van der Waals surface area contributed by atoms with Crippen LogP contribution in [0.15, 0.2) is 28.5 Å². The van der Waals surface area contributed by atoms with Crippen molar-refractivity contribution in [3.05, 3.63) is 38.4 Å². The van der Waals surface area contributed by atoms with Gasteiger partial charge < -0.3 is 5.32 Å². The zero-order valence-corrected chi connectivity index (χ0v) is 14.1. The van der Waals surface area contributed by atoms with Crippen LogP contribution in [0.3, 0.4) is 0 Å². The normalized spacial score (nSPS) is 11.9. The third kappa shape index (κ3) is 4.28. The average molecular weight is 351 g/mol. The third-order valence-electron chi connectivity index (χ3n) is 2.55. The van der Waals surface area contributed by atoms with Gasteiger partial charge in [0.2, 0.25) is 10.0 Å². The molecule has 2 aromatic rings. The molecule has 0 radical (unpaired) electrons. The summed E-state index contributed by atoms with van der Waals surface area (Å²) in [4.78, 5) is 2.07. The van der Waals surface area contributed by atoms with E-state index in [4.69, 9.17) is 11.6 Å². The van der Waals surface area contributed by atoms with Crippen molar-refractivity contribution in [2.45, 2.75) is 17.2 Å². The largest absolute Gasteiger partial charge is 0.315 e. The highest BCUT2D eigenvalue weighted by Crippen LogP contribution is 2.23. The van der Waals surface area contributed by atoms with Gasteiger partial charge in [-0.3, -0.25) is 0 Å². The number of hydrogen-bond acceptors (Lipinski definition) is 5. The van der Waals surface area contributed by atoms with Crippen molar-refractivity contribution in [1.29, 1.82) is 0 Å². The average Bonchev–Trinajstić information content (AvgIpc) is 2.99. The molecular formula is C12H15ClN2O2S3. The van der Waals surface area contributed by atoms with Gasteiger partial charge in [0.15, 0.2) is 0 Å². The minimum Gasteiger partial charge on any atom is -0.315 e. The summed E-state index contributed by atoms with van der Waals surface area (Å²) >= 11 is 8.59. The number of thiophene rings is 2. The summed E-state index contributed by atoms with van der Waals surface area (Å²) in [5.41, 5.74) is 0. The van der Waals surface area contributed by atoms with Crippen LogP contribution in [-0.4, -0.2) is 22.0 Å². The molecule has 8 heteroatoms. The molecule has 0 aliphatic rings. The van der Waals surface area contributed by atoms with E-state index in [0.29, 0.717) is 23.7 Å². The van der Waals surface area contributed by atoms with Crippen molar-refractivity contribution in [2.24, 2.45) is 0 Å². The van der Waals surface area contributed by atoms with Crippen LogP contribution < -0.4 is 10.0 Å². The van der Waals surface area contributed by atoms with E-state index >= 15 is 0 Å². The quantitative estimate of drug-likeness (QED) is 0.807. The van der Waals surface area contributed by atoms with Crippen molar-refractivity contribution in [1.82, 2.24) is 10.0 Å². The molecule has 0 saturated carbocycles. The molecule has 0 bridgehead atoms. The van der Waals surface area contributed by atoms with Crippen LogP contribution in [0.2, 0.25) is 4.34 Å². The van der Waals surface area contributed by atoms with Gasteiger partial charge in [0.05, 0.1) is 4.34 Å². The summed E-state index contributed by atoms with van der Waals surface area (Å²) < 4.78 is 27.9. The highest BCUT2D eigenvalue weighted by Gasteiger charge is 2.16. The third-order valence-corrected chi connectivity index (χ3v) is 6.87. The lowest BCUT2D eigenvalue weighted by Crippen LogP contribution is -2.25. The lowest BCUT2D eigenvalue weighted by Gasteiger charge is -2.03. The molecule has 2 rings (SSSR count). The summed E-state index contributed by atoms with van der Waals surface area (Å²) in [6.45, 7) is 1.05. The standard InChI is InChI=1S/C12H15ClN2O2S3/c1-14-8-10-3-5-12(19-10)20(16,17)15-7-6-9-2-4-11(13)18-9/h2-5,14-15H,6-8H2,1H3. The van der Waals surface area contributed by atoms with Gasteiger partial charge in [-0.2, -0.15) is 0 Å². The Morgan fingerprint density at radius 2 is 1.90 bits per heavy atom. The highest BCUT2D eigenvalue weighted by molar-refractivity contribution is 7.91. The molecule has 0 unspecified atom stereocenters. The van der Waals surface area contributed by atoms with E-state index in [1.165, 1.54) is 22.7 Å². The Morgan fingerprint density at radius 1 is 1.15 bits per heavy atom. The minimum atomic E-state index is -3.41. The molecule has 0 saturated heterocycles. The first kappa shape index (κ1) is 15.9. The predicted molar refractivity (Wildman–Crippen MR) is 85.3 cm³/mol. The van der Waals surface area contributed by atoms with Crippen molar-refractivity contribution >= 4 is 44.3 Å². The van der Waals surface area contributed by atoms with Gasteiger partial charge in [0.25, 0.3) is 0 Å². The summed E-state index contributed by atoms with van der Waals surface area (Å²) in [6.07, 6.45) is 0.644. The predicted octanol–water partition coefficient (Wildman–Crippen LogP) is 2.70. The maximum atomic E-state index is 12.1. The van der Waals surface area contributed by atoms with E-state index < -0.39 is 10.0 Å². The molecule has 110 valence electrons. The van der Waals surface area contributed by atoms with Crippen LogP contribution in [0.4, 0.5) is 0 Å². The van der Waals surface area contributed by atoms with Gasteiger partial charge in [-0.25, -0.2) is 13.1 Å². The molecule has 0 atom stereocenters. The first-order valence-corrected chi connectivity index (χ1v) is 9.48. The van der Waals surface area contributed by atoms with E-state index in [-0.39, 0.29) is 0 Å². The van der Waals surface area contributed by atoms with Gasteiger partial charge in [0.1, 0.15) is 4.21 Å². The van der Waals surface area contributed by atoms with E-state index in [1.54, 1.807) is 6.07 Å². The molecule has 0 spiro atoms. The topological polar surface area (TPSA) is 58.2 Å². The number of nitrogens with one attached hydrogen (secondary N) is 2. The van der Waals surface area contributed by atoms with Gasteiger partial charge in [0, 0.05) is 22.8 Å². The zero-order chi connectivity index (χ0) is 14.6. The number of halogens is 1. The Hall–Kier alpha value is -0.440. The zero-order valence-electron chi connectivity index (χ0n) is 10.8. The van der Waals surface area contributed by atoms with Gasteiger partial charge in [-0.05, 0) is 37.7 Å². The van der Waals surface area contributed by atoms with Crippen molar-refractivity contribution < 1.29 is 8.42 Å². The minimum absolute atomic E-state index is 0.354. The van der Waals surface area contributed by atoms with Crippen LogP contribution >= 0.6 is 34.3 Å². The van der Waals surface area contributed by atoms with Crippen LogP contribution in [0.5, 0.6) is 0 Å². The van der Waals surface area contributed by atoms with E-state index in [0.717, 1.165) is 14.1 Å². The maximum absolute atomic E-state index is 12.1. The van der Waals surface area contributed by atoms with Crippen LogP contribution in [0, 0.1) is 0 Å². The second-order valence-electron chi connectivity index (χ2n) is 4.10. The second-order valence-corrected chi connectivity index (χ2v) is 9.07. The molecule has 20 heavy (non-hydrogen) atoms. The summed E-state index contributed by atoms with van der Waals surface area (Å²) in [5.74, 6) is 0. The summed E-state index contributed by atoms with van der Waals surface area (Å²) in [5, 5.41) is 3.00. The highest BCUT2D eigenvalue weighted by atomic mass is 35.5. The van der Waals surface area contributed by atoms with E-state index in [2.05, 4.69) is 10.0 Å². The Labute approximate surface area is 131 Å². The van der Waals surface area contributed by atoms with Gasteiger partial charge in [-0.15, -0.1) is 22.7 Å². The molecule has 0 aliphatic carbocycles. The first-order valence-electron chi connectivity index (χ1n) is 5.98.